The van der Waals surface area contributed by atoms with Gasteiger partial charge in [0.2, 0.25) is 0 Å². The first kappa shape index (κ1) is 7.92. The van der Waals surface area contributed by atoms with Crippen molar-refractivity contribution < 1.29 is 9.59 Å². The topological polar surface area (TPSA) is 20.2 Å². The molecule has 0 aromatic carbocycles. The van der Waals surface area contributed by atoms with Gasteiger partial charge in [0.1, 0.15) is 0 Å². The van der Waals surface area contributed by atoms with E-state index in [9.17, 15) is 0 Å². The van der Waals surface area contributed by atoms with Crippen LogP contribution in [0.1, 0.15) is 13.3 Å². The SMILES string of the molecule is CCC[N+](C)(C)CO. The van der Waals surface area contributed by atoms with Crippen molar-refractivity contribution in [3.05, 3.63) is 0 Å². The maximum atomic E-state index is 8.70. The minimum Gasteiger partial charge on any atom is -0.347 e. The van der Waals surface area contributed by atoms with E-state index in [1.165, 1.54) is 0 Å². The van der Waals surface area contributed by atoms with Crippen LogP contribution in [0, 0.1) is 0 Å². The van der Waals surface area contributed by atoms with Crippen LogP contribution in [0.3, 0.4) is 0 Å². The summed E-state index contributed by atoms with van der Waals surface area (Å²) >= 11 is 0. The number of nitrogens with zero attached hydrogens (tertiary/aromatic N) is 1. The Kier molecular flexibility index (Phi) is 3.02. The molecule has 2 nitrogen and oxygen atoms in total. The molecule has 0 aromatic rings. The lowest BCUT2D eigenvalue weighted by atomic mass is 10.4. The van der Waals surface area contributed by atoms with Crippen LogP contribution in [0.4, 0.5) is 0 Å². The molecule has 2 heteroatoms. The Labute approximate surface area is 51.3 Å². The van der Waals surface area contributed by atoms with E-state index in [4.69, 9.17) is 5.11 Å². The Bertz CT molecular complexity index is 61.5. The first-order valence-corrected chi connectivity index (χ1v) is 3.05. The van der Waals surface area contributed by atoms with Crippen molar-refractivity contribution >= 4 is 0 Å². The molecule has 0 atom stereocenters. The van der Waals surface area contributed by atoms with Crippen molar-refractivity contribution in [2.45, 2.75) is 13.3 Å². The summed E-state index contributed by atoms with van der Waals surface area (Å²) in [6.45, 7) is 3.42. The van der Waals surface area contributed by atoms with Crippen molar-refractivity contribution in [1.29, 1.82) is 0 Å². The zero-order valence-electron chi connectivity index (χ0n) is 6.02. The van der Waals surface area contributed by atoms with E-state index >= 15 is 0 Å². The second kappa shape index (κ2) is 3.05. The summed E-state index contributed by atoms with van der Waals surface area (Å²) in [6, 6.07) is 0. The van der Waals surface area contributed by atoms with E-state index in [2.05, 4.69) is 6.92 Å². The number of aliphatic hydroxyl groups is 1. The highest BCUT2D eigenvalue weighted by Gasteiger charge is 2.08. The zero-order valence-corrected chi connectivity index (χ0v) is 6.02. The molecular weight excluding hydrogens is 102 g/mol. The minimum atomic E-state index is 0.244. The largest absolute Gasteiger partial charge is 0.347 e. The zero-order chi connectivity index (χ0) is 6.62. The van der Waals surface area contributed by atoms with Gasteiger partial charge in [0.05, 0.1) is 20.6 Å². The van der Waals surface area contributed by atoms with Gasteiger partial charge in [0.15, 0.2) is 6.73 Å². The maximum absolute atomic E-state index is 8.70. The standard InChI is InChI=1S/C6H16NO/c1-4-5-7(2,3)6-8/h8H,4-6H2,1-3H3/q+1. The molecule has 0 rings (SSSR count). The van der Waals surface area contributed by atoms with Gasteiger partial charge in [-0.1, -0.05) is 6.92 Å². The summed E-state index contributed by atoms with van der Waals surface area (Å²) < 4.78 is 0.719. The van der Waals surface area contributed by atoms with Gasteiger partial charge < -0.3 is 9.59 Å². The molecular formula is C6H16NO+. The van der Waals surface area contributed by atoms with Crippen LogP contribution < -0.4 is 0 Å². The van der Waals surface area contributed by atoms with E-state index in [0.29, 0.717) is 0 Å². The summed E-state index contributed by atoms with van der Waals surface area (Å²) in [5, 5.41) is 8.70. The summed E-state index contributed by atoms with van der Waals surface area (Å²) in [4.78, 5) is 0. The number of rotatable bonds is 3. The number of hydrogen-bond donors (Lipinski definition) is 1. The van der Waals surface area contributed by atoms with Crippen LogP contribution in [-0.4, -0.2) is 37.0 Å². The molecule has 0 aromatic heterocycles. The van der Waals surface area contributed by atoms with Gasteiger partial charge in [-0.3, -0.25) is 0 Å². The van der Waals surface area contributed by atoms with Gasteiger partial charge in [-0.2, -0.15) is 0 Å². The van der Waals surface area contributed by atoms with Crippen molar-refractivity contribution in [3.63, 3.8) is 0 Å². The molecule has 1 N–H and O–H groups in total. The molecule has 0 unspecified atom stereocenters. The van der Waals surface area contributed by atoms with Crippen LogP contribution in [0.5, 0.6) is 0 Å². The third kappa shape index (κ3) is 2.99. The predicted octanol–water partition coefficient (Wildman–Crippen LogP) is 0.423. The lowest BCUT2D eigenvalue weighted by Gasteiger charge is -2.25. The Morgan fingerprint density at radius 1 is 1.38 bits per heavy atom. The van der Waals surface area contributed by atoms with E-state index in [0.717, 1.165) is 17.4 Å². The molecule has 0 spiro atoms. The van der Waals surface area contributed by atoms with Crippen molar-refractivity contribution in [2.24, 2.45) is 0 Å². The van der Waals surface area contributed by atoms with Crippen LogP contribution in [0.15, 0.2) is 0 Å². The summed E-state index contributed by atoms with van der Waals surface area (Å²) in [5.41, 5.74) is 0. The summed E-state index contributed by atoms with van der Waals surface area (Å²) in [5.74, 6) is 0. The Morgan fingerprint density at radius 3 is 2.00 bits per heavy atom. The minimum absolute atomic E-state index is 0.244. The third-order valence-corrected chi connectivity index (χ3v) is 1.21. The highest BCUT2D eigenvalue weighted by atomic mass is 16.3. The van der Waals surface area contributed by atoms with E-state index in [-0.39, 0.29) is 6.73 Å². The lowest BCUT2D eigenvalue weighted by molar-refractivity contribution is -0.908. The number of hydrogen-bond acceptors (Lipinski definition) is 1. The quantitative estimate of drug-likeness (QED) is 0.420. The Balaban J connectivity index is 3.37. The summed E-state index contributed by atoms with van der Waals surface area (Å²) in [6.07, 6.45) is 1.13. The van der Waals surface area contributed by atoms with E-state index < -0.39 is 0 Å². The molecule has 0 amide bonds. The van der Waals surface area contributed by atoms with Crippen LogP contribution in [0.2, 0.25) is 0 Å². The molecule has 0 fully saturated rings. The average molecular weight is 118 g/mol. The number of quaternary nitrogens is 1. The third-order valence-electron chi connectivity index (χ3n) is 1.21. The predicted molar refractivity (Wildman–Crippen MR) is 34.4 cm³/mol. The molecule has 0 aliphatic rings. The highest BCUT2D eigenvalue weighted by molar-refractivity contribution is 4.22. The number of aliphatic hydroxyl groups excluding tert-OH is 1. The molecule has 0 heterocycles. The smallest absolute Gasteiger partial charge is 0.179 e. The molecule has 8 heavy (non-hydrogen) atoms. The van der Waals surface area contributed by atoms with Gasteiger partial charge in [0.25, 0.3) is 0 Å². The fourth-order valence-corrected chi connectivity index (χ4v) is 0.676. The van der Waals surface area contributed by atoms with Gasteiger partial charge in [-0.15, -0.1) is 0 Å². The molecule has 0 saturated heterocycles. The van der Waals surface area contributed by atoms with Gasteiger partial charge in [-0.05, 0) is 6.42 Å². The fraction of sp³-hybridized carbons (Fsp3) is 1.00. The molecule has 0 bridgehead atoms. The van der Waals surface area contributed by atoms with Crippen molar-refractivity contribution in [1.82, 2.24) is 0 Å². The van der Waals surface area contributed by atoms with Crippen LogP contribution in [0.25, 0.3) is 0 Å². The van der Waals surface area contributed by atoms with E-state index in [1.807, 2.05) is 14.1 Å². The Morgan fingerprint density at radius 2 is 1.88 bits per heavy atom. The van der Waals surface area contributed by atoms with Crippen molar-refractivity contribution in [3.8, 4) is 0 Å². The second-order valence-corrected chi connectivity index (χ2v) is 2.80. The highest BCUT2D eigenvalue weighted by Crippen LogP contribution is 1.94. The van der Waals surface area contributed by atoms with Gasteiger partial charge >= 0.3 is 0 Å². The molecule has 0 aliphatic heterocycles. The molecule has 50 valence electrons. The Hall–Kier alpha value is -0.0800. The van der Waals surface area contributed by atoms with Gasteiger partial charge in [0, 0.05) is 0 Å². The fourth-order valence-electron chi connectivity index (χ4n) is 0.676. The maximum Gasteiger partial charge on any atom is 0.179 e. The monoisotopic (exact) mass is 118 g/mol. The average Bonchev–Trinajstić information content (AvgIpc) is 1.67. The normalized spacial score (nSPS) is 12.0. The second-order valence-electron chi connectivity index (χ2n) is 2.80. The molecule has 0 saturated carbocycles. The van der Waals surface area contributed by atoms with Crippen molar-refractivity contribution in [2.75, 3.05) is 27.4 Å². The van der Waals surface area contributed by atoms with Crippen LogP contribution >= 0.6 is 0 Å². The first-order chi connectivity index (χ1) is 3.62. The molecule has 0 aliphatic carbocycles. The first-order valence-electron chi connectivity index (χ1n) is 3.05. The van der Waals surface area contributed by atoms with Gasteiger partial charge in [-0.25, -0.2) is 0 Å². The molecule has 0 radical (unpaired) electrons. The summed E-state index contributed by atoms with van der Waals surface area (Å²) in [7, 11) is 4.03. The van der Waals surface area contributed by atoms with E-state index in [1.54, 1.807) is 0 Å². The lowest BCUT2D eigenvalue weighted by Crippen LogP contribution is -2.40. The van der Waals surface area contributed by atoms with Crippen LogP contribution in [-0.2, 0) is 0 Å².